The Morgan fingerprint density at radius 2 is 1.94 bits per heavy atom. The average molecular weight is 384 g/mol. The van der Waals surface area contributed by atoms with Gasteiger partial charge >= 0.3 is 0 Å². The highest BCUT2D eigenvalue weighted by atomic mass is 79.9. The van der Waals surface area contributed by atoms with E-state index in [1.165, 1.54) is 6.07 Å². The van der Waals surface area contributed by atoms with Crippen LogP contribution in [-0.2, 0) is 0 Å². The van der Waals surface area contributed by atoms with Crippen molar-refractivity contribution in [1.82, 2.24) is 0 Å². The number of alkyl halides is 1. The third-order valence-corrected chi connectivity index (χ3v) is 4.99. The van der Waals surface area contributed by atoms with Crippen LogP contribution in [-0.4, -0.2) is 0 Å². The Labute approximate surface area is 119 Å². The molecule has 84 valence electrons. The second-order valence-corrected chi connectivity index (χ2v) is 6.96. The fraction of sp³-hybridized carbons (Fsp3) is 0.0909. The first kappa shape index (κ1) is 12.6. The molecule has 0 aliphatic rings. The van der Waals surface area contributed by atoms with Crippen LogP contribution in [0.4, 0.5) is 4.39 Å². The zero-order valence-corrected chi connectivity index (χ0v) is 12.6. The minimum Gasteiger partial charge on any atom is -0.206 e. The number of thiophene rings is 1. The third-order valence-electron chi connectivity index (χ3n) is 2.08. The highest BCUT2D eigenvalue weighted by Crippen LogP contribution is 2.36. The van der Waals surface area contributed by atoms with E-state index in [4.69, 9.17) is 11.6 Å². The molecule has 16 heavy (non-hydrogen) atoms. The molecule has 2 rings (SSSR count). The molecule has 1 atom stereocenters. The summed E-state index contributed by atoms with van der Waals surface area (Å²) in [7, 11) is 0. The number of hydrogen-bond acceptors (Lipinski definition) is 1. The molecule has 0 saturated carbocycles. The lowest BCUT2D eigenvalue weighted by molar-refractivity contribution is 0.620. The normalized spacial score (nSPS) is 12.8. The Hall–Kier alpha value is 0.1000. The lowest BCUT2D eigenvalue weighted by Gasteiger charge is -2.08. The quantitative estimate of drug-likeness (QED) is 0.579. The summed E-state index contributed by atoms with van der Waals surface area (Å²) < 4.78 is 14.5. The minimum atomic E-state index is -0.278. The molecular formula is C11H6Br2ClFS. The number of rotatable bonds is 2. The highest BCUT2D eigenvalue weighted by Gasteiger charge is 2.14. The van der Waals surface area contributed by atoms with Gasteiger partial charge in [-0.25, -0.2) is 4.39 Å². The van der Waals surface area contributed by atoms with E-state index in [-0.39, 0.29) is 11.2 Å². The van der Waals surface area contributed by atoms with Crippen LogP contribution in [0.5, 0.6) is 0 Å². The second-order valence-electron chi connectivity index (χ2n) is 3.18. The zero-order chi connectivity index (χ0) is 11.7. The van der Waals surface area contributed by atoms with Gasteiger partial charge in [-0.05, 0) is 61.7 Å². The van der Waals surface area contributed by atoms with Gasteiger partial charge in [-0.3, -0.25) is 0 Å². The van der Waals surface area contributed by atoms with E-state index in [0.29, 0.717) is 4.47 Å². The smallest absolute Gasteiger partial charge is 0.137 e. The molecule has 0 fully saturated rings. The zero-order valence-electron chi connectivity index (χ0n) is 7.88. The van der Waals surface area contributed by atoms with Crippen molar-refractivity contribution >= 4 is 54.8 Å². The lowest BCUT2D eigenvalue weighted by atomic mass is 10.1. The Morgan fingerprint density at radius 1 is 1.19 bits per heavy atom. The van der Waals surface area contributed by atoms with Crippen LogP contribution in [0.25, 0.3) is 0 Å². The number of hydrogen-bond donors (Lipinski definition) is 0. The maximum atomic E-state index is 13.1. The number of benzene rings is 1. The molecule has 1 unspecified atom stereocenters. The maximum Gasteiger partial charge on any atom is 0.137 e. The molecule has 0 bridgehead atoms. The fourth-order valence-corrected chi connectivity index (χ4v) is 3.47. The summed E-state index contributed by atoms with van der Waals surface area (Å²) in [6.45, 7) is 0. The molecule has 1 aromatic carbocycles. The van der Waals surface area contributed by atoms with Crippen LogP contribution in [0.1, 0.15) is 15.8 Å². The molecule has 0 N–H and O–H groups in total. The SMILES string of the molecule is Fc1ccc(C(Cl)c2ccc(Br)s2)cc1Br. The van der Waals surface area contributed by atoms with Crippen molar-refractivity contribution in [2.24, 2.45) is 0 Å². The van der Waals surface area contributed by atoms with Crippen LogP contribution in [0.3, 0.4) is 0 Å². The summed E-state index contributed by atoms with van der Waals surface area (Å²) in [5.41, 5.74) is 0.879. The van der Waals surface area contributed by atoms with Gasteiger partial charge in [-0.2, -0.15) is 0 Å². The molecule has 1 heterocycles. The largest absolute Gasteiger partial charge is 0.206 e. The van der Waals surface area contributed by atoms with E-state index >= 15 is 0 Å². The van der Waals surface area contributed by atoms with E-state index in [1.807, 2.05) is 12.1 Å². The number of halogens is 4. The molecule has 5 heteroatoms. The summed E-state index contributed by atoms with van der Waals surface area (Å²) in [6, 6.07) is 8.74. The van der Waals surface area contributed by atoms with E-state index < -0.39 is 0 Å². The Bertz CT molecular complexity index is 512. The van der Waals surface area contributed by atoms with Crippen molar-refractivity contribution in [3.8, 4) is 0 Å². The van der Waals surface area contributed by atoms with Crippen LogP contribution in [0, 0.1) is 5.82 Å². The summed E-state index contributed by atoms with van der Waals surface area (Å²) >= 11 is 14.4. The van der Waals surface area contributed by atoms with Gasteiger partial charge < -0.3 is 0 Å². The van der Waals surface area contributed by atoms with Crippen molar-refractivity contribution < 1.29 is 4.39 Å². The molecule has 0 spiro atoms. The molecule has 0 saturated heterocycles. The first-order valence-corrected chi connectivity index (χ1v) is 7.26. The summed E-state index contributed by atoms with van der Waals surface area (Å²) in [4.78, 5) is 1.03. The van der Waals surface area contributed by atoms with Gasteiger partial charge in [0, 0.05) is 4.88 Å². The van der Waals surface area contributed by atoms with Crippen molar-refractivity contribution in [3.63, 3.8) is 0 Å². The van der Waals surface area contributed by atoms with Crippen molar-refractivity contribution in [1.29, 1.82) is 0 Å². The van der Waals surface area contributed by atoms with Gasteiger partial charge in [-0.1, -0.05) is 6.07 Å². The van der Waals surface area contributed by atoms with E-state index in [1.54, 1.807) is 23.5 Å². The molecule has 0 nitrogen and oxygen atoms in total. The van der Waals surface area contributed by atoms with Crippen molar-refractivity contribution in [2.75, 3.05) is 0 Å². The van der Waals surface area contributed by atoms with Crippen LogP contribution in [0.15, 0.2) is 38.6 Å². The summed E-state index contributed by atoms with van der Waals surface area (Å²) in [5, 5.41) is -0.242. The monoisotopic (exact) mass is 382 g/mol. The van der Waals surface area contributed by atoms with E-state index in [2.05, 4.69) is 31.9 Å². The van der Waals surface area contributed by atoms with Crippen LogP contribution >= 0.6 is 54.8 Å². The molecular weight excluding hydrogens is 378 g/mol. The van der Waals surface area contributed by atoms with Gasteiger partial charge in [0.2, 0.25) is 0 Å². The van der Waals surface area contributed by atoms with Crippen LogP contribution < -0.4 is 0 Å². The second kappa shape index (κ2) is 5.17. The third kappa shape index (κ3) is 2.67. The predicted octanol–water partition coefficient (Wildman–Crippen LogP) is 5.74. The summed E-state index contributed by atoms with van der Waals surface area (Å²) in [6.07, 6.45) is 0. The summed E-state index contributed by atoms with van der Waals surface area (Å²) in [5.74, 6) is -0.278. The maximum absolute atomic E-state index is 13.1. The standard InChI is InChI=1S/C11H6Br2ClFS/c12-7-5-6(1-2-8(7)15)11(14)9-3-4-10(13)16-9/h1-5,11H. The van der Waals surface area contributed by atoms with Gasteiger partial charge in [-0.15, -0.1) is 22.9 Å². The Morgan fingerprint density at radius 3 is 2.50 bits per heavy atom. The Balaban J connectivity index is 2.33. The lowest BCUT2D eigenvalue weighted by Crippen LogP contribution is -1.91. The topological polar surface area (TPSA) is 0 Å². The minimum absolute atomic E-state index is 0.242. The van der Waals surface area contributed by atoms with Gasteiger partial charge in [0.05, 0.1) is 13.6 Å². The van der Waals surface area contributed by atoms with Crippen molar-refractivity contribution in [2.45, 2.75) is 5.38 Å². The molecule has 1 aromatic heterocycles. The van der Waals surface area contributed by atoms with E-state index in [0.717, 1.165) is 14.2 Å². The fourth-order valence-electron chi connectivity index (χ4n) is 1.30. The highest BCUT2D eigenvalue weighted by molar-refractivity contribution is 9.11. The van der Waals surface area contributed by atoms with Gasteiger partial charge in [0.1, 0.15) is 5.82 Å². The van der Waals surface area contributed by atoms with Gasteiger partial charge in [0.25, 0.3) is 0 Å². The van der Waals surface area contributed by atoms with Crippen LogP contribution in [0.2, 0.25) is 0 Å². The molecule has 0 radical (unpaired) electrons. The predicted molar refractivity (Wildman–Crippen MR) is 73.8 cm³/mol. The van der Waals surface area contributed by atoms with Gasteiger partial charge in [0.15, 0.2) is 0 Å². The first-order valence-electron chi connectivity index (χ1n) is 4.42. The first-order chi connectivity index (χ1) is 7.58. The average Bonchev–Trinajstić information content (AvgIpc) is 2.68. The molecule has 0 amide bonds. The van der Waals surface area contributed by atoms with E-state index in [9.17, 15) is 4.39 Å². The molecule has 0 aliphatic carbocycles. The molecule has 2 aromatic rings. The Kier molecular flexibility index (Phi) is 4.06. The van der Waals surface area contributed by atoms with Crippen molar-refractivity contribution in [3.05, 3.63) is 54.8 Å². The molecule has 0 aliphatic heterocycles.